The first-order valence-corrected chi connectivity index (χ1v) is 35.7. The van der Waals surface area contributed by atoms with Gasteiger partial charge in [0.2, 0.25) is 5.91 Å². The van der Waals surface area contributed by atoms with Crippen molar-refractivity contribution in [3.8, 4) is 0 Å². The number of allylic oxidation sites excluding steroid dienone is 6. The second kappa shape index (κ2) is 68.6. The standard InChI is InChI=1S/C73H139NO5/c1-3-5-7-9-11-13-15-17-19-21-30-35-39-43-47-51-55-59-63-67-73(78)79-68-64-60-56-52-48-44-40-36-32-29-27-25-23-24-26-28-31-34-38-42-46-50-54-58-62-66-72(77)74-70(69-75)71(76)65-61-57-53-49-45-41-37-33-22-20-18-16-14-12-10-8-6-4-2/h17,19,24-27,70-71,75-76H,3-16,18,20-23,28-69H2,1-2H3,(H,74,77)/b19-17-,26-24-,27-25-. The zero-order chi connectivity index (χ0) is 57.1. The molecule has 0 radical (unpaired) electrons. The second-order valence-corrected chi connectivity index (χ2v) is 24.6. The smallest absolute Gasteiger partial charge is 0.305 e. The summed E-state index contributed by atoms with van der Waals surface area (Å²) in [5, 5.41) is 23.4. The number of aliphatic hydroxyl groups excluding tert-OH is 2. The quantitative estimate of drug-likeness (QED) is 0.0320. The topological polar surface area (TPSA) is 95.9 Å². The average molecular weight is 1110 g/mol. The third-order valence-corrected chi connectivity index (χ3v) is 16.7. The molecular weight excluding hydrogens is 971 g/mol. The van der Waals surface area contributed by atoms with Crippen LogP contribution in [0.2, 0.25) is 0 Å². The van der Waals surface area contributed by atoms with E-state index in [0.717, 1.165) is 51.4 Å². The molecule has 0 aliphatic heterocycles. The van der Waals surface area contributed by atoms with E-state index in [1.54, 1.807) is 0 Å². The Balaban J connectivity index is 3.42. The minimum atomic E-state index is -0.669. The minimum absolute atomic E-state index is 0.00922. The molecule has 0 aromatic carbocycles. The molecule has 79 heavy (non-hydrogen) atoms. The van der Waals surface area contributed by atoms with Crippen LogP contribution in [0.1, 0.15) is 393 Å². The molecule has 0 bridgehead atoms. The molecule has 0 fully saturated rings. The molecule has 466 valence electrons. The van der Waals surface area contributed by atoms with E-state index in [9.17, 15) is 19.8 Å². The van der Waals surface area contributed by atoms with Gasteiger partial charge in [0.1, 0.15) is 0 Å². The van der Waals surface area contributed by atoms with Gasteiger partial charge in [-0.1, -0.05) is 333 Å². The Hall–Kier alpha value is -1.92. The molecule has 6 nitrogen and oxygen atoms in total. The number of hydrogen-bond acceptors (Lipinski definition) is 5. The van der Waals surface area contributed by atoms with Crippen LogP contribution in [0.3, 0.4) is 0 Å². The first kappa shape index (κ1) is 77.1. The summed E-state index contributed by atoms with van der Waals surface area (Å²) in [5.74, 6) is -0.0287. The molecule has 3 N–H and O–H groups in total. The molecule has 0 spiro atoms. The number of amides is 1. The Morgan fingerprint density at radius 3 is 0.975 bits per heavy atom. The van der Waals surface area contributed by atoms with Crippen LogP contribution >= 0.6 is 0 Å². The summed E-state index contributed by atoms with van der Waals surface area (Å²) in [4.78, 5) is 24.6. The van der Waals surface area contributed by atoms with Gasteiger partial charge in [0.15, 0.2) is 0 Å². The molecule has 0 aliphatic rings. The van der Waals surface area contributed by atoms with Crippen LogP contribution in [0.5, 0.6) is 0 Å². The molecule has 2 atom stereocenters. The van der Waals surface area contributed by atoms with Crippen LogP contribution in [-0.4, -0.2) is 47.4 Å². The summed E-state index contributed by atoms with van der Waals surface area (Å²) in [6.45, 7) is 4.98. The third kappa shape index (κ3) is 65.1. The number of esters is 1. The van der Waals surface area contributed by atoms with E-state index in [0.29, 0.717) is 25.9 Å². The zero-order valence-corrected chi connectivity index (χ0v) is 53.4. The second-order valence-electron chi connectivity index (χ2n) is 24.6. The Morgan fingerprint density at radius 1 is 0.354 bits per heavy atom. The number of carbonyl (C=O) groups is 2. The third-order valence-electron chi connectivity index (χ3n) is 16.7. The van der Waals surface area contributed by atoms with Gasteiger partial charge in [0, 0.05) is 12.8 Å². The lowest BCUT2D eigenvalue weighted by atomic mass is 10.0. The fourth-order valence-corrected chi connectivity index (χ4v) is 11.2. The molecule has 0 heterocycles. The van der Waals surface area contributed by atoms with Gasteiger partial charge in [-0.05, 0) is 83.5 Å². The number of unbranched alkanes of at least 4 members (excludes halogenated alkanes) is 50. The van der Waals surface area contributed by atoms with Crippen LogP contribution in [0, 0.1) is 0 Å². The lowest BCUT2D eigenvalue weighted by molar-refractivity contribution is -0.143. The fourth-order valence-electron chi connectivity index (χ4n) is 11.2. The molecule has 0 saturated heterocycles. The Bertz CT molecular complexity index is 1280. The number of nitrogens with one attached hydrogen (secondary N) is 1. The molecule has 0 aliphatic carbocycles. The number of ether oxygens (including phenoxy) is 1. The molecule has 1 amide bonds. The fraction of sp³-hybridized carbons (Fsp3) is 0.890. The van der Waals surface area contributed by atoms with Crippen molar-refractivity contribution < 1.29 is 24.5 Å². The highest BCUT2D eigenvalue weighted by Crippen LogP contribution is 2.18. The highest BCUT2D eigenvalue weighted by atomic mass is 16.5. The first-order chi connectivity index (χ1) is 39.0. The van der Waals surface area contributed by atoms with Gasteiger partial charge < -0.3 is 20.3 Å². The van der Waals surface area contributed by atoms with Crippen LogP contribution in [0.25, 0.3) is 0 Å². The van der Waals surface area contributed by atoms with E-state index in [1.807, 2.05) is 0 Å². The monoisotopic (exact) mass is 1110 g/mol. The molecule has 6 heteroatoms. The maximum Gasteiger partial charge on any atom is 0.305 e. The zero-order valence-electron chi connectivity index (χ0n) is 53.4. The van der Waals surface area contributed by atoms with Gasteiger partial charge in [-0.15, -0.1) is 0 Å². The maximum absolute atomic E-state index is 12.5. The van der Waals surface area contributed by atoms with Gasteiger partial charge in [-0.2, -0.15) is 0 Å². The highest BCUT2D eigenvalue weighted by Gasteiger charge is 2.20. The normalized spacial score (nSPS) is 12.7. The van der Waals surface area contributed by atoms with Crippen molar-refractivity contribution in [1.82, 2.24) is 5.32 Å². The Kier molecular flexibility index (Phi) is 66.9. The molecule has 2 unspecified atom stereocenters. The number of hydrogen-bond donors (Lipinski definition) is 3. The number of aliphatic hydroxyl groups is 2. The van der Waals surface area contributed by atoms with Gasteiger partial charge in [-0.3, -0.25) is 9.59 Å². The number of rotatable bonds is 67. The van der Waals surface area contributed by atoms with E-state index >= 15 is 0 Å². The lowest BCUT2D eigenvalue weighted by Crippen LogP contribution is -2.45. The van der Waals surface area contributed by atoms with Gasteiger partial charge in [0.25, 0.3) is 0 Å². The van der Waals surface area contributed by atoms with E-state index < -0.39 is 12.1 Å². The van der Waals surface area contributed by atoms with Crippen molar-refractivity contribution in [3.63, 3.8) is 0 Å². The Morgan fingerprint density at radius 2 is 0.633 bits per heavy atom. The van der Waals surface area contributed by atoms with Crippen molar-refractivity contribution in [2.24, 2.45) is 0 Å². The SMILES string of the molecule is CCCCCCCC/C=C\CCCCCCCCCCCC(=O)OCCCCCCCCCCC/C=C\C/C=C\CCCCCCCCCCCC(=O)NC(CO)C(O)CCCCCCCCCCCCCCCCCCCC. The van der Waals surface area contributed by atoms with Crippen molar-refractivity contribution >= 4 is 11.9 Å². The minimum Gasteiger partial charge on any atom is -0.466 e. The molecular formula is C73H139NO5. The molecule has 0 aromatic rings. The summed E-state index contributed by atoms with van der Waals surface area (Å²) in [6.07, 6.45) is 87.6. The largest absolute Gasteiger partial charge is 0.466 e. The summed E-state index contributed by atoms with van der Waals surface area (Å²) < 4.78 is 5.50. The predicted molar refractivity (Wildman–Crippen MR) is 347 cm³/mol. The summed E-state index contributed by atoms with van der Waals surface area (Å²) in [6, 6.07) is -0.547. The van der Waals surface area contributed by atoms with Crippen LogP contribution in [0.4, 0.5) is 0 Å². The van der Waals surface area contributed by atoms with Gasteiger partial charge in [-0.25, -0.2) is 0 Å². The van der Waals surface area contributed by atoms with Crippen molar-refractivity contribution in [1.29, 1.82) is 0 Å². The van der Waals surface area contributed by atoms with Crippen LogP contribution in [0.15, 0.2) is 36.5 Å². The lowest BCUT2D eigenvalue weighted by Gasteiger charge is -2.22. The summed E-state index contributed by atoms with van der Waals surface area (Å²) in [5.41, 5.74) is 0. The summed E-state index contributed by atoms with van der Waals surface area (Å²) in [7, 11) is 0. The average Bonchev–Trinajstić information content (AvgIpc) is 3.45. The van der Waals surface area contributed by atoms with E-state index in [2.05, 4.69) is 55.6 Å². The van der Waals surface area contributed by atoms with Crippen molar-refractivity contribution in [2.75, 3.05) is 13.2 Å². The van der Waals surface area contributed by atoms with Gasteiger partial charge >= 0.3 is 5.97 Å². The summed E-state index contributed by atoms with van der Waals surface area (Å²) >= 11 is 0. The molecule has 0 rings (SSSR count). The van der Waals surface area contributed by atoms with Crippen molar-refractivity contribution in [2.45, 2.75) is 405 Å². The Labute approximate surface area is 494 Å². The predicted octanol–water partition coefficient (Wildman–Crippen LogP) is 23.1. The molecule has 0 aromatic heterocycles. The first-order valence-electron chi connectivity index (χ1n) is 35.7. The van der Waals surface area contributed by atoms with Gasteiger partial charge in [0.05, 0.1) is 25.4 Å². The molecule has 0 saturated carbocycles. The van der Waals surface area contributed by atoms with E-state index in [-0.39, 0.29) is 18.5 Å². The number of carbonyl (C=O) groups excluding carboxylic acids is 2. The maximum atomic E-state index is 12.5. The highest BCUT2D eigenvalue weighted by molar-refractivity contribution is 5.76. The van der Waals surface area contributed by atoms with E-state index in [1.165, 1.54) is 308 Å². The van der Waals surface area contributed by atoms with Crippen LogP contribution < -0.4 is 5.32 Å². The van der Waals surface area contributed by atoms with E-state index in [4.69, 9.17) is 4.74 Å². The van der Waals surface area contributed by atoms with Crippen LogP contribution in [-0.2, 0) is 14.3 Å². The van der Waals surface area contributed by atoms with Crippen molar-refractivity contribution in [3.05, 3.63) is 36.5 Å².